The monoisotopic (exact) mass is 374 g/mol. The van der Waals surface area contributed by atoms with E-state index in [2.05, 4.69) is 26.3 Å². The second-order valence-electron chi connectivity index (χ2n) is 6.12. The summed E-state index contributed by atoms with van der Waals surface area (Å²) in [6.07, 6.45) is 0.757. The lowest BCUT2D eigenvalue weighted by Gasteiger charge is -2.38. The molecule has 2 rings (SSSR count). The molecule has 1 aromatic carbocycles. The van der Waals surface area contributed by atoms with Gasteiger partial charge in [0.25, 0.3) is 10.2 Å². The second-order valence-corrected chi connectivity index (χ2v) is 8.11. The van der Waals surface area contributed by atoms with Crippen molar-refractivity contribution in [2.75, 3.05) is 46.3 Å². The maximum Gasteiger partial charge on any atom is 0.276 e. The minimum absolute atomic E-state index is 0.0781. The summed E-state index contributed by atoms with van der Waals surface area (Å²) in [7, 11) is -1.39. The highest BCUT2D eigenvalue weighted by Crippen LogP contribution is 2.28. The Morgan fingerprint density at radius 2 is 1.83 bits per heavy atom. The minimum Gasteiger partial charge on any atom is -0.304 e. The van der Waals surface area contributed by atoms with Crippen LogP contribution in [0.25, 0.3) is 0 Å². The van der Waals surface area contributed by atoms with Crippen LogP contribution >= 0.6 is 11.6 Å². The highest BCUT2D eigenvalue weighted by molar-refractivity contribution is 7.87. The molecule has 1 fully saturated rings. The third-order valence-electron chi connectivity index (χ3n) is 4.25. The van der Waals surface area contributed by atoms with E-state index in [4.69, 9.17) is 11.6 Å². The molecule has 1 heterocycles. The fraction of sp³-hybridized carbons (Fsp3) is 0.625. The predicted octanol–water partition coefficient (Wildman–Crippen LogP) is 1.46. The number of rotatable bonds is 8. The molecule has 1 saturated heterocycles. The molecule has 136 valence electrons. The van der Waals surface area contributed by atoms with Gasteiger partial charge < -0.3 is 4.90 Å². The Labute approximate surface area is 150 Å². The van der Waals surface area contributed by atoms with E-state index in [-0.39, 0.29) is 6.04 Å². The van der Waals surface area contributed by atoms with Gasteiger partial charge in [0.05, 0.1) is 0 Å². The summed E-state index contributed by atoms with van der Waals surface area (Å²) < 4.78 is 29.3. The van der Waals surface area contributed by atoms with Gasteiger partial charge in [0.2, 0.25) is 0 Å². The molecule has 2 N–H and O–H groups in total. The number of hydrogen-bond acceptors (Lipinski definition) is 4. The molecule has 1 aliphatic heterocycles. The van der Waals surface area contributed by atoms with Gasteiger partial charge in [-0.1, -0.05) is 36.7 Å². The van der Waals surface area contributed by atoms with Gasteiger partial charge in [-0.05, 0) is 25.1 Å². The number of piperazine rings is 1. The van der Waals surface area contributed by atoms with Crippen LogP contribution in [0.3, 0.4) is 0 Å². The van der Waals surface area contributed by atoms with Gasteiger partial charge in [0, 0.05) is 50.3 Å². The molecule has 0 aliphatic carbocycles. The first-order valence-electron chi connectivity index (χ1n) is 8.34. The van der Waals surface area contributed by atoms with Gasteiger partial charge in [-0.3, -0.25) is 4.90 Å². The summed E-state index contributed by atoms with van der Waals surface area (Å²) >= 11 is 6.37. The van der Waals surface area contributed by atoms with Gasteiger partial charge in [0.1, 0.15) is 0 Å². The van der Waals surface area contributed by atoms with Crippen molar-refractivity contribution in [3.63, 3.8) is 0 Å². The standard InChI is InChI=1S/C16H27ClN4O2S/c1-3-8-18-24(22,23)19-13-16(14-6-4-5-7-15(14)17)21-11-9-20(2)10-12-21/h4-7,16,18-19H,3,8-13H2,1-2H3. The Bertz CT molecular complexity index is 618. The molecule has 0 aromatic heterocycles. The molecule has 1 unspecified atom stereocenters. The number of nitrogens with one attached hydrogen (secondary N) is 2. The Hall–Kier alpha value is -0.700. The van der Waals surface area contributed by atoms with Crippen molar-refractivity contribution in [1.82, 2.24) is 19.2 Å². The van der Waals surface area contributed by atoms with Gasteiger partial charge in [0.15, 0.2) is 0 Å². The molecule has 1 aliphatic rings. The minimum atomic E-state index is -3.49. The van der Waals surface area contributed by atoms with E-state index in [0.717, 1.165) is 38.2 Å². The summed E-state index contributed by atoms with van der Waals surface area (Å²) in [6, 6.07) is 7.57. The predicted molar refractivity (Wildman–Crippen MR) is 98.5 cm³/mol. The fourth-order valence-corrected chi connectivity index (χ4v) is 4.00. The van der Waals surface area contributed by atoms with Crippen molar-refractivity contribution in [2.45, 2.75) is 19.4 Å². The molecule has 24 heavy (non-hydrogen) atoms. The zero-order valence-corrected chi connectivity index (χ0v) is 15.9. The number of nitrogens with zero attached hydrogens (tertiary/aromatic N) is 2. The van der Waals surface area contributed by atoms with E-state index in [0.29, 0.717) is 18.1 Å². The quantitative estimate of drug-likeness (QED) is 0.723. The normalized spacial score (nSPS) is 18.6. The first-order chi connectivity index (χ1) is 11.4. The molecule has 0 amide bonds. The molecule has 1 aromatic rings. The maximum atomic E-state index is 12.1. The number of halogens is 1. The second kappa shape index (κ2) is 9.12. The topological polar surface area (TPSA) is 64.7 Å². The van der Waals surface area contributed by atoms with E-state index >= 15 is 0 Å². The van der Waals surface area contributed by atoms with E-state index in [1.165, 1.54) is 0 Å². The number of benzene rings is 1. The van der Waals surface area contributed by atoms with Crippen molar-refractivity contribution < 1.29 is 8.42 Å². The van der Waals surface area contributed by atoms with Gasteiger partial charge >= 0.3 is 0 Å². The third-order valence-corrected chi connectivity index (χ3v) is 5.73. The molecular weight excluding hydrogens is 348 g/mol. The van der Waals surface area contributed by atoms with E-state index in [9.17, 15) is 8.42 Å². The molecule has 6 nitrogen and oxygen atoms in total. The Kier molecular flexibility index (Phi) is 7.46. The lowest BCUT2D eigenvalue weighted by molar-refractivity contribution is 0.113. The summed E-state index contributed by atoms with van der Waals surface area (Å²) in [6.45, 7) is 6.35. The third kappa shape index (κ3) is 5.68. The van der Waals surface area contributed by atoms with Crippen LogP contribution in [0.1, 0.15) is 24.9 Å². The van der Waals surface area contributed by atoms with Gasteiger partial charge in [-0.25, -0.2) is 9.44 Å². The van der Waals surface area contributed by atoms with Crippen molar-refractivity contribution in [2.24, 2.45) is 0 Å². The Morgan fingerprint density at radius 3 is 2.46 bits per heavy atom. The largest absolute Gasteiger partial charge is 0.304 e. The van der Waals surface area contributed by atoms with E-state index in [1.807, 2.05) is 31.2 Å². The summed E-state index contributed by atoms with van der Waals surface area (Å²) in [5.74, 6) is 0. The fourth-order valence-electron chi connectivity index (χ4n) is 2.79. The van der Waals surface area contributed by atoms with Crippen molar-refractivity contribution >= 4 is 21.8 Å². The molecular formula is C16H27ClN4O2S. The van der Waals surface area contributed by atoms with Crippen molar-refractivity contribution in [1.29, 1.82) is 0 Å². The number of hydrogen-bond donors (Lipinski definition) is 2. The van der Waals surface area contributed by atoms with Gasteiger partial charge in [-0.15, -0.1) is 0 Å². The molecule has 8 heteroatoms. The molecule has 0 saturated carbocycles. The van der Waals surface area contributed by atoms with Crippen LogP contribution < -0.4 is 9.44 Å². The first-order valence-corrected chi connectivity index (χ1v) is 10.2. The van der Waals surface area contributed by atoms with Crippen LogP contribution in [0.4, 0.5) is 0 Å². The Balaban J connectivity index is 2.13. The summed E-state index contributed by atoms with van der Waals surface area (Å²) in [5.41, 5.74) is 0.960. The molecule has 0 spiro atoms. The highest BCUT2D eigenvalue weighted by Gasteiger charge is 2.26. The first kappa shape index (κ1) is 19.6. The van der Waals surface area contributed by atoms with Crippen LogP contribution in [-0.4, -0.2) is 64.5 Å². The van der Waals surface area contributed by atoms with Crippen LogP contribution in [0, 0.1) is 0 Å². The SMILES string of the molecule is CCCNS(=O)(=O)NCC(c1ccccc1Cl)N1CCN(C)CC1. The molecule has 0 radical (unpaired) electrons. The zero-order valence-electron chi connectivity index (χ0n) is 14.3. The van der Waals surface area contributed by atoms with Crippen LogP contribution in [0.2, 0.25) is 5.02 Å². The lowest BCUT2D eigenvalue weighted by atomic mass is 10.0. The number of likely N-dealkylation sites (N-methyl/N-ethyl adjacent to an activating group) is 1. The van der Waals surface area contributed by atoms with Crippen molar-refractivity contribution in [3.05, 3.63) is 34.9 Å². The molecule has 0 bridgehead atoms. The van der Waals surface area contributed by atoms with Crippen molar-refractivity contribution in [3.8, 4) is 0 Å². The average Bonchev–Trinajstić information content (AvgIpc) is 2.56. The van der Waals surface area contributed by atoms with Gasteiger partial charge in [-0.2, -0.15) is 8.42 Å². The van der Waals surface area contributed by atoms with E-state index < -0.39 is 10.2 Å². The zero-order chi connectivity index (χ0) is 17.6. The lowest BCUT2D eigenvalue weighted by Crippen LogP contribution is -2.49. The van der Waals surface area contributed by atoms with Crippen LogP contribution in [0.5, 0.6) is 0 Å². The van der Waals surface area contributed by atoms with Crippen LogP contribution in [0.15, 0.2) is 24.3 Å². The Morgan fingerprint density at radius 1 is 1.17 bits per heavy atom. The van der Waals surface area contributed by atoms with Crippen LogP contribution in [-0.2, 0) is 10.2 Å². The highest BCUT2D eigenvalue weighted by atomic mass is 35.5. The maximum absolute atomic E-state index is 12.1. The average molecular weight is 375 g/mol. The summed E-state index contributed by atoms with van der Waals surface area (Å²) in [4.78, 5) is 4.57. The molecule has 1 atom stereocenters. The summed E-state index contributed by atoms with van der Waals surface area (Å²) in [5, 5.41) is 0.669. The smallest absolute Gasteiger partial charge is 0.276 e. The van der Waals surface area contributed by atoms with E-state index in [1.54, 1.807) is 0 Å².